The average Bonchev–Trinajstić information content (AvgIpc) is 2.70. The van der Waals surface area contributed by atoms with E-state index in [4.69, 9.17) is 10.5 Å². The van der Waals surface area contributed by atoms with Crippen LogP contribution < -0.4 is 10.5 Å². The number of hydrogen-bond acceptors (Lipinski definition) is 5. The Kier molecular flexibility index (Phi) is 6.27. The van der Waals surface area contributed by atoms with E-state index in [1.165, 1.54) is 0 Å². The number of rotatable bonds is 9. The van der Waals surface area contributed by atoms with Crippen molar-refractivity contribution in [3.8, 4) is 0 Å². The van der Waals surface area contributed by atoms with Gasteiger partial charge in [0.15, 0.2) is 0 Å². The lowest BCUT2D eigenvalue weighted by atomic mass is 10.4. The fourth-order valence-corrected chi connectivity index (χ4v) is 2.22. The molecule has 0 amide bonds. The Morgan fingerprint density at radius 2 is 2.28 bits per heavy atom. The summed E-state index contributed by atoms with van der Waals surface area (Å²) in [6.45, 7) is 3.70. The van der Waals surface area contributed by atoms with E-state index < -0.39 is 10.0 Å². The Morgan fingerprint density at radius 3 is 2.89 bits per heavy atom. The topological polar surface area (TPSA) is 99.2 Å². The molecule has 0 saturated carbocycles. The van der Waals surface area contributed by atoms with Crippen molar-refractivity contribution in [2.24, 2.45) is 5.73 Å². The van der Waals surface area contributed by atoms with Crippen LogP contribution in [0.2, 0.25) is 0 Å². The number of ether oxygens (including phenoxy) is 1. The van der Waals surface area contributed by atoms with Crippen LogP contribution in [-0.4, -0.2) is 50.3 Å². The lowest BCUT2D eigenvalue weighted by Gasteiger charge is -2.07. The first-order valence-electron chi connectivity index (χ1n) is 5.78. The lowest BCUT2D eigenvalue weighted by molar-refractivity contribution is 0.156. The average molecular weight is 276 g/mol. The molecule has 0 atom stereocenters. The van der Waals surface area contributed by atoms with Crippen LogP contribution in [-0.2, 0) is 21.3 Å². The van der Waals surface area contributed by atoms with Crippen LogP contribution in [0.15, 0.2) is 12.4 Å². The van der Waals surface area contributed by atoms with Crippen molar-refractivity contribution in [1.29, 1.82) is 0 Å². The molecule has 7 nitrogen and oxygen atoms in total. The maximum Gasteiger partial charge on any atom is 0.213 e. The third-order valence-corrected chi connectivity index (χ3v) is 3.53. The van der Waals surface area contributed by atoms with Crippen molar-refractivity contribution in [2.75, 3.05) is 32.1 Å². The Morgan fingerprint density at radius 1 is 1.50 bits per heavy atom. The van der Waals surface area contributed by atoms with Crippen LogP contribution in [0.3, 0.4) is 0 Å². The second kappa shape index (κ2) is 7.47. The van der Waals surface area contributed by atoms with E-state index in [0.29, 0.717) is 26.2 Å². The van der Waals surface area contributed by atoms with E-state index in [1.807, 2.05) is 13.1 Å². The molecular formula is C10H20N4O3S. The molecular weight excluding hydrogens is 256 g/mol. The minimum absolute atomic E-state index is 0.0505. The molecule has 104 valence electrons. The number of nitrogens with two attached hydrogens (primary N) is 1. The Hall–Kier alpha value is -0.960. The maximum atomic E-state index is 11.5. The predicted molar refractivity (Wildman–Crippen MR) is 68.6 cm³/mol. The van der Waals surface area contributed by atoms with Gasteiger partial charge in [-0.25, -0.2) is 13.1 Å². The molecule has 0 fully saturated rings. The highest BCUT2D eigenvalue weighted by atomic mass is 32.2. The molecule has 0 radical (unpaired) electrons. The quantitative estimate of drug-likeness (QED) is 0.569. The Bertz CT molecular complexity index is 444. The van der Waals surface area contributed by atoms with Gasteiger partial charge in [-0.2, -0.15) is 5.10 Å². The third kappa shape index (κ3) is 6.10. The van der Waals surface area contributed by atoms with Crippen molar-refractivity contribution < 1.29 is 13.2 Å². The minimum Gasteiger partial charge on any atom is -0.379 e. The zero-order chi connectivity index (χ0) is 13.4. The largest absolute Gasteiger partial charge is 0.379 e. The molecule has 18 heavy (non-hydrogen) atoms. The van der Waals surface area contributed by atoms with Gasteiger partial charge < -0.3 is 10.5 Å². The van der Waals surface area contributed by atoms with E-state index in [9.17, 15) is 8.42 Å². The normalized spacial score (nSPS) is 11.9. The van der Waals surface area contributed by atoms with Crippen LogP contribution in [0.4, 0.5) is 0 Å². The molecule has 0 spiro atoms. The number of nitrogens with zero attached hydrogens (tertiary/aromatic N) is 2. The molecule has 0 aromatic carbocycles. The van der Waals surface area contributed by atoms with Crippen molar-refractivity contribution in [1.82, 2.24) is 14.5 Å². The van der Waals surface area contributed by atoms with E-state index >= 15 is 0 Å². The van der Waals surface area contributed by atoms with Crippen LogP contribution in [0.5, 0.6) is 0 Å². The van der Waals surface area contributed by atoms with Gasteiger partial charge >= 0.3 is 0 Å². The maximum absolute atomic E-state index is 11.5. The van der Waals surface area contributed by atoms with E-state index in [1.54, 1.807) is 10.9 Å². The molecule has 0 aliphatic heterocycles. The summed E-state index contributed by atoms with van der Waals surface area (Å²) in [5.74, 6) is -0.0505. The first-order chi connectivity index (χ1) is 8.53. The number of aryl methyl sites for hydroxylation is 1. The third-order valence-electron chi connectivity index (χ3n) is 2.18. The van der Waals surface area contributed by atoms with Crippen LogP contribution in [0.25, 0.3) is 0 Å². The van der Waals surface area contributed by atoms with Gasteiger partial charge in [-0.3, -0.25) is 4.68 Å². The second-order valence-electron chi connectivity index (χ2n) is 3.90. The highest BCUT2D eigenvalue weighted by Crippen LogP contribution is 1.93. The second-order valence-corrected chi connectivity index (χ2v) is 5.82. The number of nitrogens with one attached hydrogen (secondary N) is 1. The first kappa shape index (κ1) is 15.1. The van der Waals surface area contributed by atoms with Gasteiger partial charge in [-0.1, -0.05) is 0 Å². The standard InChI is InChI=1S/C10H20N4O3S/c1-10-8-12-14(9-10)4-3-13-18(15,16)7-6-17-5-2-11/h8-9,13H,2-7,11H2,1H3. The first-order valence-corrected chi connectivity index (χ1v) is 7.43. The zero-order valence-electron chi connectivity index (χ0n) is 10.5. The van der Waals surface area contributed by atoms with Crippen LogP contribution >= 0.6 is 0 Å². The number of sulfonamides is 1. The van der Waals surface area contributed by atoms with Gasteiger partial charge in [-0.05, 0) is 12.5 Å². The molecule has 8 heteroatoms. The van der Waals surface area contributed by atoms with Crippen molar-refractivity contribution in [2.45, 2.75) is 13.5 Å². The van der Waals surface area contributed by atoms with Gasteiger partial charge in [0.2, 0.25) is 10.0 Å². The van der Waals surface area contributed by atoms with Crippen molar-refractivity contribution in [3.63, 3.8) is 0 Å². The molecule has 0 unspecified atom stereocenters. The van der Waals surface area contributed by atoms with Gasteiger partial charge in [0, 0.05) is 19.3 Å². The molecule has 1 heterocycles. The molecule has 0 bridgehead atoms. The van der Waals surface area contributed by atoms with Crippen LogP contribution in [0, 0.1) is 6.92 Å². The summed E-state index contributed by atoms with van der Waals surface area (Å²) in [6.07, 6.45) is 3.59. The molecule has 0 saturated heterocycles. The molecule has 1 aromatic rings. The summed E-state index contributed by atoms with van der Waals surface area (Å²) in [7, 11) is -3.28. The summed E-state index contributed by atoms with van der Waals surface area (Å²) in [5, 5.41) is 4.07. The molecule has 0 aliphatic carbocycles. The SMILES string of the molecule is Cc1cnn(CCNS(=O)(=O)CCOCCN)c1. The number of hydrogen-bond donors (Lipinski definition) is 2. The van der Waals surface area contributed by atoms with Crippen LogP contribution in [0.1, 0.15) is 5.56 Å². The van der Waals surface area contributed by atoms with E-state index in [0.717, 1.165) is 5.56 Å². The minimum atomic E-state index is -3.28. The number of aromatic nitrogens is 2. The summed E-state index contributed by atoms with van der Waals surface area (Å²) >= 11 is 0. The predicted octanol–water partition coefficient (Wildman–Crippen LogP) is -0.914. The monoisotopic (exact) mass is 276 g/mol. The Balaban J connectivity index is 2.20. The zero-order valence-corrected chi connectivity index (χ0v) is 11.3. The fourth-order valence-electron chi connectivity index (χ4n) is 1.33. The lowest BCUT2D eigenvalue weighted by Crippen LogP contribution is -2.31. The van der Waals surface area contributed by atoms with E-state index in [2.05, 4.69) is 9.82 Å². The summed E-state index contributed by atoms with van der Waals surface area (Å²) in [4.78, 5) is 0. The summed E-state index contributed by atoms with van der Waals surface area (Å²) in [6, 6.07) is 0. The molecule has 1 aromatic heterocycles. The van der Waals surface area contributed by atoms with Crippen molar-refractivity contribution in [3.05, 3.63) is 18.0 Å². The summed E-state index contributed by atoms with van der Waals surface area (Å²) in [5.41, 5.74) is 6.27. The van der Waals surface area contributed by atoms with Crippen molar-refractivity contribution >= 4 is 10.0 Å². The van der Waals surface area contributed by atoms with Gasteiger partial charge in [0.1, 0.15) is 0 Å². The highest BCUT2D eigenvalue weighted by Gasteiger charge is 2.09. The van der Waals surface area contributed by atoms with Gasteiger partial charge in [0.05, 0.1) is 31.7 Å². The Labute approximate surface area is 107 Å². The fraction of sp³-hybridized carbons (Fsp3) is 0.700. The van der Waals surface area contributed by atoms with E-state index in [-0.39, 0.29) is 12.4 Å². The molecule has 1 rings (SSSR count). The highest BCUT2D eigenvalue weighted by molar-refractivity contribution is 7.89. The molecule has 0 aliphatic rings. The van der Waals surface area contributed by atoms with Gasteiger partial charge in [-0.15, -0.1) is 0 Å². The summed E-state index contributed by atoms with van der Waals surface area (Å²) < 4.78 is 32.3. The van der Waals surface area contributed by atoms with Gasteiger partial charge in [0.25, 0.3) is 0 Å². The smallest absolute Gasteiger partial charge is 0.213 e. The molecule has 3 N–H and O–H groups in total.